The Morgan fingerprint density at radius 2 is 2.15 bits per heavy atom. The van der Waals surface area contributed by atoms with Gasteiger partial charge in [0.2, 0.25) is 5.89 Å². The molecule has 1 aromatic rings. The van der Waals surface area contributed by atoms with Gasteiger partial charge in [0.05, 0.1) is 0 Å². The van der Waals surface area contributed by atoms with Crippen LogP contribution in [0.25, 0.3) is 0 Å². The highest BCUT2D eigenvalue weighted by Gasteiger charge is 2.38. The van der Waals surface area contributed by atoms with Gasteiger partial charge in [0.25, 0.3) is 3.90 Å². The molecule has 1 fully saturated rings. The van der Waals surface area contributed by atoms with Crippen LogP contribution in [0.1, 0.15) is 32.6 Å². The third-order valence-corrected chi connectivity index (χ3v) is 3.17. The number of nitrogens with zero attached hydrogens (tertiary/aromatic N) is 2. The van der Waals surface area contributed by atoms with Gasteiger partial charge in [0, 0.05) is 29.0 Å². The second-order valence-electron chi connectivity index (χ2n) is 4.39. The van der Waals surface area contributed by atoms with E-state index in [9.17, 15) is 0 Å². The quantitative estimate of drug-likeness (QED) is 0.804. The fraction of sp³-hybridized carbons (Fsp3) is 0.778. The van der Waals surface area contributed by atoms with Crippen LogP contribution in [0.4, 0.5) is 0 Å². The zero-order chi connectivity index (χ0) is 9.47. The van der Waals surface area contributed by atoms with Crippen LogP contribution in [0.5, 0.6) is 0 Å². The van der Waals surface area contributed by atoms with E-state index >= 15 is 0 Å². The smallest absolute Gasteiger partial charge is 0.278 e. The van der Waals surface area contributed by atoms with Gasteiger partial charge in [-0.3, -0.25) is 0 Å². The summed E-state index contributed by atoms with van der Waals surface area (Å²) in [5, 5.41) is 7.84. The van der Waals surface area contributed by atoms with Gasteiger partial charge in [-0.05, 0) is 24.2 Å². The Bertz CT molecular complexity index is 304. The van der Waals surface area contributed by atoms with E-state index in [2.05, 4.69) is 24.0 Å². The van der Waals surface area contributed by atoms with Crippen molar-refractivity contribution in [3.8, 4) is 0 Å². The topological polar surface area (TPSA) is 38.9 Å². The van der Waals surface area contributed by atoms with Crippen molar-refractivity contribution >= 4 is 22.6 Å². The Morgan fingerprint density at radius 3 is 2.62 bits per heavy atom. The van der Waals surface area contributed by atoms with Crippen LogP contribution in [0.2, 0.25) is 0 Å². The van der Waals surface area contributed by atoms with E-state index in [0.29, 0.717) is 9.31 Å². The van der Waals surface area contributed by atoms with Crippen molar-refractivity contribution in [1.29, 1.82) is 0 Å². The monoisotopic (exact) mass is 292 g/mol. The predicted molar refractivity (Wildman–Crippen MR) is 57.2 cm³/mol. The van der Waals surface area contributed by atoms with Gasteiger partial charge in [-0.2, -0.15) is 0 Å². The number of hydrogen-bond acceptors (Lipinski definition) is 3. The summed E-state index contributed by atoms with van der Waals surface area (Å²) in [6, 6.07) is 0. The average molecular weight is 292 g/mol. The summed E-state index contributed by atoms with van der Waals surface area (Å²) in [5.41, 5.74) is 0.329. The number of rotatable bonds is 3. The van der Waals surface area contributed by atoms with Crippen LogP contribution in [0.15, 0.2) is 4.42 Å². The molecule has 0 unspecified atom stereocenters. The fourth-order valence-electron chi connectivity index (χ4n) is 1.70. The first-order chi connectivity index (χ1) is 6.08. The minimum Gasteiger partial charge on any atom is -0.416 e. The van der Waals surface area contributed by atoms with Crippen molar-refractivity contribution in [3.05, 3.63) is 9.79 Å². The Morgan fingerprint density at radius 1 is 1.46 bits per heavy atom. The lowest BCUT2D eigenvalue weighted by Gasteiger charge is -2.21. The van der Waals surface area contributed by atoms with Crippen LogP contribution in [0, 0.1) is 15.2 Å². The highest BCUT2D eigenvalue weighted by molar-refractivity contribution is 14.1. The summed E-state index contributed by atoms with van der Waals surface area (Å²) in [7, 11) is 0. The molecule has 0 saturated heterocycles. The molecule has 1 aliphatic rings. The first-order valence-electron chi connectivity index (χ1n) is 4.56. The van der Waals surface area contributed by atoms with Gasteiger partial charge in [-0.25, -0.2) is 0 Å². The van der Waals surface area contributed by atoms with Gasteiger partial charge in [0.1, 0.15) is 0 Å². The molecule has 1 saturated carbocycles. The van der Waals surface area contributed by atoms with Crippen molar-refractivity contribution in [2.24, 2.45) is 11.3 Å². The van der Waals surface area contributed by atoms with Gasteiger partial charge >= 0.3 is 0 Å². The van der Waals surface area contributed by atoms with Gasteiger partial charge in [-0.1, -0.05) is 13.8 Å². The minimum atomic E-state index is 0.329. The van der Waals surface area contributed by atoms with Crippen LogP contribution in [-0.4, -0.2) is 10.2 Å². The molecule has 3 nitrogen and oxygen atoms in total. The molecule has 4 heteroatoms. The van der Waals surface area contributed by atoms with E-state index in [1.807, 2.05) is 22.6 Å². The van der Waals surface area contributed by atoms with Crippen LogP contribution < -0.4 is 0 Å². The third kappa shape index (κ3) is 2.21. The summed E-state index contributed by atoms with van der Waals surface area (Å²) >= 11 is 2.04. The van der Waals surface area contributed by atoms with E-state index < -0.39 is 0 Å². The number of aromatic nitrogens is 2. The van der Waals surface area contributed by atoms with E-state index in [-0.39, 0.29) is 0 Å². The van der Waals surface area contributed by atoms with Crippen LogP contribution in [0.3, 0.4) is 0 Å². The zero-order valence-corrected chi connectivity index (χ0v) is 10.0. The second-order valence-corrected chi connectivity index (χ2v) is 5.31. The highest BCUT2D eigenvalue weighted by Crippen LogP contribution is 2.46. The van der Waals surface area contributed by atoms with E-state index in [4.69, 9.17) is 4.42 Å². The molecule has 0 spiro atoms. The van der Waals surface area contributed by atoms with Gasteiger partial charge in [-0.15, -0.1) is 10.2 Å². The molecule has 0 bridgehead atoms. The van der Waals surface area contributed by atoms with Crippen molar-refractivity contribution < 1.29 is 4.42 Å². The van der Waals surface area contributed by atoms with E-state index in [1.165, 1.54) is 12.8 Å². The molecular weight excluding hydrogens is 279 g/mol. The standard InChI is InChI=1S/C9H13IN2O/c1-9(2,6-3-4-6)5-7-11-12-8(10)13-7/h6H,3-5H2,1-2H3. The summed E-state index contributed by atoms with van der Waals surface area (Å²) in [4.78, 5) is 0. The molecule has 0 aromatic carbocycles. The van der Waals surface area contributed by atoms with Crippen LogP contribution >= 0.6 is 22.6 Å². The Balaban J connectivity index is 2.04. The van der Waals surface area contributed by atoms with E-state index in [1.54, 1.807) is 0 Å². The summed E-state index contributed by atoms with van der Waals surface area (Å²) < 4.78 is 6.00. The Kier molecular flexibility index (Phi) is 2.33. The highest BCUT2D eigenvalue weighted by atomic mass is 127. The molecule has 1 aromatic heterocycles. The molecular formula is C9H13IN2O. The van der Waals surface area contributed by atoms with Crippen molar-refractivity contribution in [2.45, 2.75) is 33.1 Å². The molecule has 0 N–H and O–H groups in total. The van der Waals surface area contributed by atoms with Gasteiger partial charge in [0.15, 0.2) is 0 Å². The molecule has 0 atom stereocenters. The molecule has 0 aliphatic heterocycles. The molecule has 13 heavy (non-hydrogen) atoms. The van der Waals surface area contributed by atoms with Crippen molar-refractivity contribution in [2.75, 3.05) is 0 Å². The maximum atomic E-state index is 5.36. The Hall–Kier alpha value is -0.130. The largest absolute Gasteiger partial charge is 0.416 e. The third-order valence-electron chi connectivity index (χ3n) is 2.73. The van der Waals surface area contributed by atoms with Crippen LogP contribution in [-0.2, 0) is 6.42 Å². The first-order valence-corrected chi connectivity index (χ1v) is 5.64. The lowest BCUT2D eigenvalue weighted by Crippen LogP contribution is -2.17. The lowest BCUT2D eigenvalue weighted by atomic mass is 9.84. The molecule has 0 amide bonds. The number of halogens is 1. The predicted octanol–water partition coefficient (Wildman–Crippen LogP) is 2.65. The molecule has 1 heterocycles. The first kappa shape index (κ1) is 9.43. The van der Waals surface area contributed by atoms with Gasteiger partial charge < -0.3 is 4.42 Å². The molecule has 72 valence electrons. The normalized spacial score (nSPS) is 17.8. The van der Waals surface area contributed by atoms with Crippen molar-refractivity contribution in [3.63, 3.8) is 0 Å². The van der Waals surface area contributed by atoms with E-state index in [0.717, 1.165) is 18.2 Å². The fourth-order valence-corrected chi connectivity index (χ4v) is 2.07. The SMILES string of the molecule is CC(C)(Cc1nnc(I)o1)C1CC1. The second kappa shape index (κ2) is 3.22. The summed E-state index contributed by atoms with van der Waals surface area (Å²) in [6.45, 7) is 4.56. The molecule has 1 aliphatic carbocycles. The molecule has 2 rings (SSSR count). The van der Waals surface area contributed by atoms with Crippen molar-refractivity contribution in [1.82, 2.24) is 10.2 Å². The average Bonchev–Trinajstić information content (AvgIpc) is 2.78. The Labute approximate surface area is 91.4 Å². The zero-order valence-electron chi connectivity index (χ0n) is 7.88. The minimum absolute atomic E-state index is 0.329. The summed E-state index contributed by atoms with van der Waals surface area (Å²) in [5.74, 6) is 1.64. The maximum absolute atomic E-state index is 5.36. The molecule has 0 radical (unpaired) electrons. The maximum Gasteiger partial charge on any atom is 0.278 e. The summed E-state index contributed by atoms with van der Waals surface area (Å²) in [6.07, 6.45) is 3.63. The number of hydrogen-bond donors (Lipinski definition) is 0. The lowest BCUT2D eigenvalue weighted by molar-refractivity contribution is 0.275.